The number of halogens is 1. The van der Waals surface area contributed by atoms with Crippen LogP contribution in [-0.4, -0.2) is 34.8 Å². The highest BCUT2D eigenvalue weighted by Gasteiger charge is 2.40. The number of fused-ring (bicyclic) bond motifs is 1. The van der Waals surface area contributed by atoms with Crippen molar-refractivity contribution in [1.82, 2.24) is 4.90 Å². The Morgan fingerprint density at radius 3 is 2.65 bits per heavy atom. The Morgan fingerprint density at radius 2 is 1.95 bits per heavy atom. The molecule has 0 bridgehead atoms. The summed E-state index contributed by atoms with van der Waals surface area (Å²) in [5, 5.41) is 10.4. The van der Waals surface area contributed by atoms with Crippen molar-refractivity contribution in [2.45, 2.75) is 57.3 Å². The number of piperidine rings is 1. The Labute approximate surface area is 119 Å². The zero-order valence-corrected chi connectivity index (χ0v) is 12.1. The van der Waals surface area contributed by atoms with E-state index in [0.717, 1.165) is 18.4 Å². The maximum Gasteiger partial charge on any atom is 0.165 e. The molecule has 2 heterocycles. The second kappa shape index (κ2) is 5.34. The molecule has 1 fully saturated rings. The summed E-state index contributed by atoms with van der Waals surface area (Å²) in [6.45, 7) is 4.54. The molecule has 0 saturated carbocycles. The van der Waals surface area contributed by atoms with Crippen LogP contribution >= 0.6 is 0 Å². The highest BCUT2D eigenvalue weighted by molar-refractivity contribution is 5.40. The van der Waals surface area contributed by atoms with Gasteiger partial charge >= 0.3 is 0 Å². The molecule has 1 N–H and O–H groups in total. The van der Waals surface area contributed by atoms with Crippen LogP contribution in [-0.2, 0) is 0 Å². The third-order valence-corrected chi connectivity index (χ3v) is 4.66. The molecule has 0 amide bonds. The van der Waals surface area contributed by atoms with E-state index in [4.69, 9.17) is 4.74 Å². The minimum atomic E-state index is -0.604. The molecule has 20 heavy (non-hydrogen) atoms. The predicted octanol–water partition coefficient (Wildman–Crippen LogP) is 2.88. The average Bonchev–Trinajstić information content (AvgIpc) is 2.41. The standard InChI is InChI=1S/C16H22FNO2/c1-10-5-3-6-11(2)18(10)15-12-7-4-8-13(17)16(12)20-9-14(15)19/h4,7-8,10-11,14-15,19H,3,5-6,9H2,1-2H3. The lowest BCUT2D eigenvalue weighted by atomic mass is 9.89. The summed E-state index contributed by atoms with van der Waals surface area (Å²) >= 11 is 0. The summed E-state index contributed by atoms with van der Waals surface area (Å²) in [5.74, 6) is -0.0236. The van der Waals surface area contributed by atoms with Crippen molar-refractivity contribution >= 4 is 0 Å². The maximum absolute atomic E-state index is 13.9. The van der Waals surface area contributed by atoms with E-state index < -0.39 is 6.10 Å². The fourth-order valence-corrected chi connectivity index (χ4v) is 3.73. The largest absolute Gasteiger partial charge is 0.487 e. The van der Waals surface area contributed by atoms with Crippen molar-refractivity contribution in [1.29, 1.82) is 0 Å². The van der Waals surface area contributed by atoms with Gasteiger partial charge in [0.05, 0.1) is 6.04 Å². The van der Waals surface area contributed by atoms with Crippen molar-refractivity contribution in [2.24, 2.45) is 0 Å². The molecule has 4 atom stereocenters. The first kappa shape index (κ1) is 13.8. The highest BCUT2D eigenvalue weighted by Crippen LogP contribution is 2.41. The number of aliphatic hydroxyl groups excluding tert-OH is 1. The number of para-hydroxylation sites is 1. The Kier molecular flexibility index (Phi) is 3.69. The quantitative estimate of drug-likeness (QED) is 0.858. The monoisotopic (exact) mass is 279 g/mol. The minimum absolute atomic E-state index is 0.161. The van der Waals surface area contributed by atoms with Gasteiger partial charge in [-0.15, -0.1) is 0 Å². The Balaban J connectivity index is 2.02. The fraction of sp³-hybridized carbons (Fsp3) is 0.625. The van der Waals surface area contributed by atoms with E-state index in [9.17, 15) is 9.50 Å². The van der Waals surface area contributed by atoms with Gasteiger partial charge in [0, 0.05) is 17.6 Å². The summed E-state index contributed by atoms with van der Waals surface area (Å²) in [6, 6.07) is 5.61. The number of likely N-dealkylation sites (tertiary alicyclic amines) is 1. The smallest absolute Gasteiger partial charge is 0.165 e. The number of aliphatic hydroxyl groups is 1. The van der Waals surface area contributed by atoms with Crippen molar-refractivity contribution in [3.8, 4) is 5.75 Å². The van der Waals surface area contributed by atoms with Crippen LogP contribution in [0.1, 0.15) is 44.7 Å². The number of benzene rings is 1. The van der Waals surface area contributed by atoms with E-state index >= 15 is 0 Å². The van der Waals surface area contributed by atoms with E-state index in [1.54, 1.807) is 6.07 Å². The van der Waals surface area contributed by atoms with Crippen molar-refractivity contribution in [2.75, 3.05) is 6.61 Å². The van der Waals surface area contributed by atoms with E-state index in [-0.39, 0.29) is 18.5 Å². The molecule has 2 aliphatic rings. The number of nitrogens with zero attached hydrogens (tertiary/aromatic N) is 1. The van der Waals surface area contributed by atoms with Crippen LogP contribution in [0.5, 0.6) is 5.75 Å². The van der Waals surface area contributed by atoms with Crippen LogP contribution in [0, 0.1) is 5.82 Å². The van der Waals surface area contributed by atoms with E-state index in [1.165, 1.54) is 12.5 Å². The normalized spacial score (nSPS) is 34.4. The van der Waals surface area contributed by atoms with Gasteiger partial charge in [-0.2, -0.15) is 0 Å². The van der Waals surface area contributed by atoms with Crippen LogP contribution in [0.3, 0.4) is 0 Å². The molecule has 1 aromatic rings. The van der Waals surface area contributed by atoms with E-state index in [2.05, 4.69) is 18.7 Å². The van der Waals surface area contributed by atoms with Crippen LogP contribution in [0.15, 0.2) is 18.2 Å². The zero-order chi connectivity index (χ0) is 14.3. The number of hydrogen-bond donors (Lipinski definition) is 1. The second-order valence-corrected chi connectivity index (χ2v) is 6.06. The molecule has 3 nitrogen and oxygen atoms in total. The number of ether oxygens (including phenoxy) is 1. The summed E-state index contributed by atoms with van der Waals surface area (Å²) in [4.78, 5) is 2.34. The van der Waals surface area contributed by atoms with Gasteiger partial charge in [0.15, 0.2) is 11.6 Å². The minimum Gasteiger partial charge on any atom is -0.487 e. The Bertz CT molecular complexity index is 483. The number of hydrogen-bond acceptors (Lipinski definition) is 3. The van der Waals surface area contributed by atoms with Crippen molar-refractivity contribution < 1.29 is 14.2 Å². The summed E-state index contributed by atoms with van der Waals surface area (Å²) in [6.07, 6.45) is 2.86. The Hall–Kier alpha value is -1.13. The van der Waals surface area contributed by atoms with Gasteiger partial charge in [0.2, 0.25) is 0 Å². The first-order valence-corrected chi connectivity index (χ1v) is 7.46. The lowest BCUT2D eigenvalue weighted by molar-refractivity contribution is -0.0465. The molecular formula is C16H22FNO2. The highest BCUT2D eigenvalue weighted by atomic mass is 19.1. The predicted molar refractivity (Wildman–Crippen MR) is 75.3 cm³/mol. The third kappa shape index (κ3) is 2.21. The topological polar surface area (TPSA) is 32.7 Å². The van der Waals surface area contributed by atoms with Gasteiger partial charge in [-0.1, -0.05) is 18.6 Å². The van der Waals surface area contributed by atoms with Gasteiger partial charge < -0.3 is 9.84 Å². The van der Waals surface area contributed by atoms with Crippen LogP contribution in [0.4, 0.5) is 4.39 Å². The second-order valence-electron chi connectivity index (χ2n) is 6.06. The molecular weight excluding hydrogens is 257 g/mol. The van der Waals surface area contributed by atoms with Gasteiger partial charge in [0.25, 0.3) is 0 Å². The van der Waals surface area contributed by atoms with Gasteiger partial charge in [-0.3, -0.25) is 4.90 Å². The molecule has 1 saturated heterocycles. The molecule has 2 aliphatic heterocycles. The first-order valence-electron chi connectivity index (χ1n) is 7.46. The molecule has 4 heteroatoms. The van der Waals surface area contributed by atoms with Crippen LogP contribution in [0.2, 0.25) is 0 Å². The summed E-state index contributed by atoms with van der Waals surface area (Å²) in [7, 11) is 0. The third-order valence-electron chi connectivity index (χ3n) is 4.66. The van der Waals surface area contributed by atoms with Crippen molar-refractivity contribution in [3.63, 3.8) is 0 Å². The lowest BCUT2D eigenvalue weighted by Gasteiger charge is -2.47. The van der Waals surface area contributed by atoms with E-state index in [0.29, 0.717) is 17.8 Å². The average molecular weight is 279 g/mol. The number of rotatable bonds is 1. The SMILES string of the molecule is CC1CCCC(C)N1C1c2cccc(F)c2OCC1O. The molecule has 3 rings (SSSR count). The first-order chi connectivity index (χ1) is 9.59. The molecule has 1 aromatic carbocycles. The van der Waals surface area contributed by atoms with E-state index in [1.807, 2.05) is 6.07 Å². The molecule has 4 unspecified atom stereocenters. The van der Waals surface area contributed by atoms with Gasteiger partial charge in [-0.05, 0) is 32.8 Å². The molecule has 0 spiro atoms. The summed E-state index contributed by atoms with van der Waals surface area (Å²) in [5.41, 5.74) is 0.782. The molecule has 110 valence electrons. The lowest BCUT2D eigenvalue weighted by Crippen LogP contribution is -2.51. The van der Waals surface area contributed by atoms with Crippen molar-refractivity contribution in [3.05, 3.63) is 29.6 Å². The van der Waals surface area contributed by atoms with Gasteiger partial charge in [0.1, 0.15) is 12.7 Å². The Morgan fingerprint density at radius 1 is 1.25 bits per heavy atom. The van der Waals surface area contributed by atoms with Crippen LogP contribution < -0.4 is 4.74 Å². The van der Waals surface area contributed by atoms with Gasteiger partial charge in [-0.25, -0.2) is 4.39 Å². The molecule has 0 radical (unpaired) electrons. The molecule has 0 aromatic heterocycles. The fourth-order valence-electron chi connectivity index (χ4n) is 3.73. The summed E-state index contributed by atoms with van der Waals surface area (Å²) < 4.78 is 19.3. The molecule has 0 aliphatic carbocycles. The zero-order valence-electron chi connectivity index (χ0n) is 12.1. The maximum atomic E-state index is 13.9. The van der Waals surface area contributed by atoms with Crippen LogP contribution in [0.25, 0.3) is 0 Å².